The predicted molar refractivity (Wildman–Crippen MR) is 216 cm³/mol. The molecule has 4 aromatic rings. The second-order valence-corrected chi connectivity index (χ2v) is 16.0. The molecule has 0 bridgehead atoms. The number of pyridine rings is 2. The summed E-state index contributed by atoms with van der Waals surface area (Å²) in [6.45, 7) is 15.4. The zero-order valence-electron chi connectivity index (χ0n) is 33.5. The molecule has 1 aliphatic heterocycles. The molecule has 0 unspecified atom stereocenters. The van der Waals surface area contributed by atoms with Crippen LogP contribution in [0.5, 0.6) is 11.8 Å². The second kappa shape index (κ2) is 19.5. The first-order valence-electron chi connectivity index (χ1n) is 17.6. The first-order chi connectivity index (χ1) is 26.3. The van der Waals surface area contributed by atoms with Gasteiger partial charge in [0.05, 0.1) is 59.5 Å². The number of benzene rings is 2. The number of hydrogen-bond acceptors (Lipinski definition) is 12. The minimum absolute atomic E-state index is 0.183. The van der Waals surface area contributed by atoms with Crippen molar-refractivity contribution in [3.05, 3.63) is 101 Å². The molecule has 0 N–H and O–H groups in total. The monoisotopic (exact) mass is 826 g/mol. The van der Waals surface area contributed by atoms with Gasteiger partial charge < -0.3 is 28.3 Å². The van der Waals surface area contributed by atoms with Gasteiger partial charge in [-0.1, -0.05) is 34.1 Å². The first-order valence-corrected chi connectivity index (χ1v) is 18.4. The Morgan fingerprint density at radius 2 is 1.09 bits per heavy atom. The third-order valence-electron chi connectivity index (χ3n) is 8.98. The fourth-order valence-electron chi connectivity index (χ4n) is 4.67. The number of rotatable bonds is 10. The van der Waals surface area contributed by atoms with Crippen molar-refractivity contribution in [3.63, 3.8) is 0 Å². The van der Waals surface area contributed by atoms with Crippen molar-refractivity contribution in [3.8, 4) is 35.0 Å². The molecule has 0 amide bonds. The molecule has 1 aliphatic rings. The van der Waals surface area contributed by atoms with Crippen molar-refractivity contribution in [2.24, 2.45) is 10.8 Å². The van der Waals surface area contributed by atoms with Gasteiger partial charge in [0.25, 0.3) is 0 Å². The Hall–Kier alpha value is -5.28. The van der Waals surface area contributed by atoms with Gasteiger partial charge in [0, 0.05) is 34.0 Å². The van der Waals surface area contributed by atoms with Gasteiger partial charge in [-0.05, 0) is 109 Å². The Balaban J connectivity index is 0.000000247. The molecular formula is C42H48BBrN4O8. The van der Waals surface area contributed by atoms with Crippen LogP contribution >= 0.6 is 15.9 Å². The summed E-state index contributed by atoms with van der Waals surface area (Å²) in [6, 6.07) is 25.9. The Morgan fingerprint density at radius 1 is 0.679 bits per heavy atom. The van der Waals surface area contributed by atoms with Crippen molar-refractivity contribution in [1.82, 2.24) is 9.97 Å². The first kappa shape index (κ1) is 45.1. The Labute approximate surface area is 338 Å². The summed E-state index contributed by atoms with van der Waals surface area (Å²) in [5.74, 6) is 0.231. The van der Waals surface area contributed by atoms with Gasteiger partial charge in [-0.2, -0.15) is 10.5 Å². The number of nitriles is 2. The second-order valence-electron chi connectivity index (χ2n) is 15.0. The van der Waals surface area contributed by atoms with E-state index in [0.29, 0.717) is 22.9 Å². The highest BCUT2D eigenvalue weighted by molar-refractivity contribution is 9.10. The lowest BCUT2D eigenvalue weighted by Gasteiger charge is -2.32. The number of hydrogen-bond donors (Lipinski definition) is 0. The van der Waals surface area contributed by atoms with E-state index in [1.54, 1.807) is 76.5 Å². The molecule has 0 atom stereocenters. The van der Waals surface area contributed by atoms with Crippen LogP contribution in [0.4, 0.5) is 0 Å². The van der Waals surface area contributed by atoms with Gasteiger partial charge in [-0.3, -0.25) is 9.59 Å². The number of ether oxygens (including phenoxy) is 4. The molecule has 0 aliphatic carbocycles. The van der Waals surface area contributed by atoms with Crippen LogP contribution in [0.25, 0.3) is 11.1 Å². The largest absolute Gasteiger partial charge is 0.496 e. The van der Waals surface area contributed by atoms with E-state index in [4.69, 9.17) is 38.8 Å². The van der Waals surface area contributed by atoms with Crippen LogP contribution in [0, 0.1) is 33.5 Å². The average Bonchev–Trinajstić information content (AvgIpc) is 3.42. The lowest BCUT2D eigenvalue weighted by molar-refractivity contribution is -0.153. The quantitative estimate of drug-likeness (QED) is 0.115. The lowest BCUT2D eigenvalue weighted by atomic mass is 9.80. The highest BCUT2D eigenvalue weighted by atomic mass is 79.9. The number of esters is 2. The summed E-state index contributed by atoms with van der Waals surface area (Å²) in [5, 5.41) is 17.2. The van der Waals surface area contributed by atoms with Gasteiger partial charge in [-0.25, -0.2) is 9.97 Å². The van der Waals surface area contributed by atoms with Crippen molar-refractivity contribution < 1.29 is 37.8 Å². The van der Waals surface area contributed by atoms with Crippen molar-refractivity contribution in [2.75, 3.05) is 27.4 Å². The molecule has 1 fully saturated rings. The number of aromatic nitrogens is 2. The van der Waals surface area contributed by atoms with Crippen molar-refractivity contribution >= 4 is 40.4 Å². The van der Waals surface area contributed by atoms with E-state index in [1.165, 1.54) is 14.2 Å². The van der Waals surface area contributed by atoms with Crippen LogP contribution < -0.4 is 14.9 Å². The fraction of sp³-hybridized carbons (Fsp3) is 0.381. The van der Waals surface area contributed by atoms with Crippen LogP contribution in [0.3, 0.4) is 0 Å². The maximum atomic E-state index is 11.6. The average molecular weight is 828 g/mol. The molecule has 5 rings (SSSR count). The lowest BCUT2D eigenvalue weighted by Crippen LogP contribution is -2.41. The maximum Gasteiger partial charge on any atom is 0.496 e. The molecule has 0 saturated carbocycles. The van der Waals surface area contributed by atoms with Crippen LogP contribution in [0.1, 0.15) is 66.5 Å². The van der Waals surface area contributed by atoms with Gasteiger partial charge in [0.2, 0.25) is 11.8 Å². The minimum atomic E-state index is -0.735. The van der Waals surface area contributed by atoms with Crippen molar-refractivity contribution in [2.45, 2.75) is 66.6 Å². The number of carbonyl (C=O) groups is 2. The standard InChI is InChI=1S/C18H18N2O3.C17H26BNO5.C7H4BrN/c1-18(2,17(21)22-3)12-23-16-9-8-15(11-20-16)14-6-4-13(10-19)5-7-14;1-15(2,14(20)21-7)11-22-13-9-8-12(10-19-13)18-23-16(3,4)17(5,6)24-18;8-7-3-1-6(5-9)2-4-7/h4-9,11H,12H2,1-3H3;8-10H,11H2,1-7H3;1-4H. The van der Waals surface area contributed by atoms with E-state index in [-0.39, 0.29) is 25.2 Å². The van der Waals surface area contributed by atoms with E-state index < -0.39 is 29.2 Å². The topological polar surface area (TPSA) is 163 Å². The minimum Gasteiger partial charge on any atom is -0.476 e. The SMILES string of the molecule is COC(=O)C(C)(C)COc1ccc(-c2ccc(C#N)cc2)cn1.COC(=O)C(C)(C)COc1ccc(B2OC(C)(C)C(C)(C)O2)cn1.N#Cc1ccc(Br)cc1. The van der Waals surface area contributed by atoms with Crippen LogP contribution in [-0.2, 0) is 28.4 Å². The van der Waals surface area contributed by atoms with Gasteiger partial charge in [0.15, 0.2) is 0 Å². The van der Waals surface area contributed by atoms with E-state index >= 15 is 0 Å². The summed E-state index contributed by atoms with van der Waals surface area (Å²) < 4.78 is 33.6. The highest BCUT2D eigenvalue weighted by Crippen LogP contribution is 2.36. The molecule has 12 nitrogen and oxygen atoms in total. The zero-order chi connectivity index (χ0) is 41.7. The summed E-state index contributed by atoms with van der Waals surface area (Å²) >= 11 is 3.27. The van der Waals surface area contributed by atoms with Crippen LogP contribution in [0.2, 0.25) is 0 Å². The third kappa shape index (κ3) is 12.6. The van der Waals surface area contributed by atoms with E-state index in [0.717, 1.165) is 21.1 Å². The molecule has 56 heavy (non-hydrogen) atoms. The Bertz CT molecular complexity index is 1970. The molecular weight excluding hydrogens is 779 g/mol. The molecule has 14 heteroatoms. The predicted octanol–water partition coefficient (Wildman–Crippen LogP) is 7.48. The Morgan fingerprint density at radius 3 is 1.46 bits per heavy atom. The van der Waals surface area contributed by atoms with E-state index in [2.05, 4.69) is 32.0 Å². The van der Waals surface area contributed by atoms with Gasteiger partial charge in [-0.15, -0.1) is 0 Å². The normalized spacial score (nSPS) is 14.0. The molecule has 1 saturated heterocycles. The maximum absolute atomic E-state index is 11.6. The molecule has 2 aromatic carbocycles. The number of methoxy groups -OCH3 is 2. The number of carbonyl (C=O) groups excluding carboxylic acids is 2. The highest BCUT2D eigenvalue weighted by Gasteiger charge is 2.51. The third-order valence-corrected chi connectivity index (χ3v) is 9.51. The van der Waals surface area contributed by atoms with E-state index in [1.807, 2.05) is 70.2 Å². The Kier molecular flexibility index (Phi) is 15.7. The van der Waals surface area contributed by atoms with E-state index in [9.17, 15) is 9.59 Å². The molecule has 0 radical (unpaired) electrons. The summed E-state index contributed by atoms with van der Waals surface area (Å²) in [5.41, 5.74) is 1.78. The summed E-state index contributed by atoms with van der Waals surface area (Å²) in [6.07, 6.45) is 3.37. The summed E-state index contributed by atoms with van der Waals surface area (Å²) in [7, 11) is 2.26. The summed E-state index contributed by atoms with van der Waals surface area (Å²) in [4.78, 5) is 31.8. The van der Waals surface area contributed by atoms with Crippen LogP contribution in [-0.4, -0.2) is 67.7 Å². The fourth-order valence-corrected chi connectivity index (χ4v) is 4.94. The van der Waals surface area contributed by atoms with Crippen LogP contribution in [0.15, 0.2) is 89.7 Å². The molecule has 294 valence electrons. The number of halogens is 1. The number of nitrogens with zero attached hydrogens (tertiary/aromatic N) is 4. The zero-order valence-corrected chi connectivity index (χ0v) is 35.1. The van der Waals surface area contributed by atoms with Gasteiger partial charge in [0.1, 0.15) is 13.2 Å². The molecule has 2 aromatic heterocycles. The van der Waals surface area contributed by atoms with Crippen molar-refractivity contribution in [1.29, 1.82) is 10.5 Å². The molecule has 3 heterocycles. The smallest absolute Gasteiger partial charge is 0.476 e. The molecule has 0 spiro atoms. The van der Waals surface area contributed by atoms with Gasteiger partial charge >= 0.3 is 19.1 Å².